The molecule has 8 heteroatoms. The van der Waals surface area contributed by atoms with Gasteiger partial charge in [0, 0.05) is 54.1 Å². The third-order valence-corrected chi connectivity index (χ3v) is 7.12. The van der Waals surface area contributed by atoms with E-state index in [9.17, 15) is 4.79 Å². The van der Waals surface area contributed by atoms with Crippen molar-refractivity contribution < 1.29 is 4.79 Å². The standard InChI is InChI=1S/C23H25ClN6O/c24-18-3-1-2-17(14-18)23(15-25)8-4-19(5-9-23)29-12-13-30-20(16-6-10-26-11-7-16)27-28-21(30)22(29)31/h1-3,6-7,10-11,14,19H,4-5,8-9,12-13,15,25H2. The van der Waals surface area contributed by atoms with Crippen molar-refractivity contribution in [2.45, 2.75) is 43.7 Å². The normalized spacial score (nSPS) is 23.6. The van der Waals surface area contributed by atoms with Crippen LogP contribution in [0.25, 0.3) is 11.4 Å². The monoisotopic (exact) mass is 436 g/mol. The van der Waals surface area contributed by atoms with Gasteiger partial charge in [-0.25, -0.2) is 0 Å². The van der Waals surface area contributed by atoms with Crippen LogP contribution in [0, 0.1) is 0 Å². The molecule has 3 heterocycles. The van der Waals surface area contributed by atoms with Crippen LogP contribution in [0.5, 0.6) is 0 Å². The molecule has 5 rings (SSSR count). The van der Waals surface area contributed by atoms with Crippen molar-refractivity contribution in [1.82, 2.24) is 24.6 Å². The summed E-state index contributed by atoms with van der Waals surface area (Å²) < 4.78 is 1.92. The van der Waals surface area contributed by atoms with Gasteiger partial charge in [0.2, 0.25) is 5.82 Å². The van der Waals surface area contributed by atoms with E-state index in [1.54, 1.807) is 12.4 Å². The van der Waals surface area contributed by atoms with E-state index >= 15 is 0 Å². The number of benzene rings is 1. The zero-order chi connectivity index (χ0) is 21.4. The molecule has 31 heavy (non-hydrogen) atoms. The van der Waals surface area contributed by atoms with Gasteiger partial charge < -0.3 is 15.2 Å². The Morgan fingerprint density at radius 1 is 1.06 bits per heavy atom. The van der Waals surface area contributed by atoms with Crippen molar-refractivity contribution in [2.75, 3.05) is 13.1 Å². The molecule has 0 atom stereocenters. The van der Waals surface area contributed by atoms with E-state index < -0.39 is 0 Å². The smallest absolute Gasteiger partial charge is 0.292 e. The Labute approximate surface area is 186 Å². The predicted molar refractivity (Wildman–Crippen MR) is 119 cm³/mol. The van der Waals surface area contributed by atoms with E-state index in [4.69, 9.17) is 17.3 Å². The highest BCUT2D eigenvalue weighted by Gasteiger charge is 2.40. The van der Waals surface area contributed by atoms with E-state index in [0.29, 0.717) is 25.5 Å². The number of rotatable bonds is 4. The fourth-order valence-electron chi connectivity index (χ4n) is 5.07. The van der Waals surface area contributed by atoms with Crippen molar-refractivity contribution in [3.05, 3.63) is 65.2 Å². The van der Waals surface area contributed by atoms with E-state index in [-0.39, 0.29) is 17.4 Å². The maximum absolute atomic E-state index is 13.3. The van der Waals surface area contributed by atoms with Crippen LogP contribution in [0.2, 0.25) is 5.02 Å². The Morgan fingerprint density at radius 2 is 1.81 bits per heavy atom. The van der Waals surface area contributed by atoms with E-state index in [0.717, 1.165) is 42.1 Å². The first-order valence-corrected chi connectivity index (χ1v) is 11.1. The zero-order valence-electron chi connectivity index (χ0n) is 17.2. The van der Waals surface area contributed by atoms with E-state index in [2.05, 4.69) is 21.2 Å². The first-order chi connectivity index (χ1) is 15.1. The number of halogens is 1. The Morgan fingerprint density at radius 3 is 2.52 bits per heavy atom. The van der Waals surface area contributed by atoms with Crippen LogP contribution >= 0.6 is 11.6 Å². The molecular formula is C23H25ClN6O. The van der Waals surface area contributed by atoms with Crippen LogP contribution in [-0.4, -0.2) is 49.7 Å². The maximum atomic E-state index is 13.3. The minimum Gasteiger partial charge on any atom is -0.331 e. The molecule has 0 spiro atoms. The Bertz CT molecular complexity index is 1090. The minimum absolute atomic E-state index is 0.0351. The maximum Gasteiger partial charge on any atom is 0.292 e. The summed E-state index contributed by atoms with van der Waals surface area (Å²) in [6.07, 6.45) is 7.15. The number of pyridine rings is 1. The number of aromatic nitrogens is 4. The molecule has 2 aliphatic rings. The minimum atomic E-state index is -0.0746. The van der Waals surface area contributed by atoms with Gasteiger partial charge >= 0.3 is 0 Å². The number of carbonyl (C=O) groups excluding carboxylic acids is 1. The van der Waals surface area contributed by atoms with Crippen LogP contribution < -0.4 is 5.73 Å². The summed E-state index contributed by atoms with van der Waals surface area (Å²) in [5, 5.41) is 9.26. The summed E-state index contributed by atoms with van der Waals surface area (Å²) in [6.45, 7) is 1.94. The second-order valence-electron chi connectivity index (χ2n) is 8.46. The second-order valence-corrected chi connectivity index (χ2v) is 8.90. The summed E-state index contributed by atoms with van der Waals surface area (Å²) in [5.41, 5.74) is 8.29. The van der Waals surface area contributed by atoms with Gasteiger partial charge in [-0.2, -0.15) is 0 Å². The summed E-state index contributed by atoms with van der Waals surface area (Å²) in [5.74, 6) is 1.10. The van der Waals surface area contributed by atoms with Crippen molar-refractivity contribution >= 4 is 17.5 Å². The van der Waals surface area contributed by atoms with Gasteiger partial charge in [-0.3, -0.25) is 9.78 Å². The Balaban J connectivity index is 1.33. The molecule has 3 aromatic rings. The lowest BCUT2D eigenvalue weighted by atomic mass is 9.68. The SMILES string of the molecule is NCC1(c2cccc(Cl)c2)CCC(N2CCn3c(nnc3-c3ccncc3)C2=O)CC1. The van der Waals surface area contributed by atoms with Gasteiger partial charge in [0.1, 0.15) is 0 Å². The van der Waals surface area contributed by atoms with Gasteiger partial charge in [0.05, 0.1) is 0 Å². The number of hydrogen-bond acceptors (Lipinski definition) is 5. The van der Waals surface area contributed by atoms with Gasteiger partial charge in [0.25, 0.3) is 5.91 Å². The molecule has 1 amide bonds. The molecule has 0 unspecified atom stereocenters. The van der Waals surface area contributed by atoms with Gasteiger partial charge in [-0.15, -0.1) is 10.2 Å². The highest BCUT2D eigenvalue weighted by atomic mass is 35.5. The molecule has 1 saturated carbocycles. The number of nitrogens with zero attached hydrogens (tertiary/aromatic N) is 5. The largest absolute Gasteiger partial charge is 0.331 e. The second kappa shape index (κ2) is 8.05. The zero-order valence-corrected chi connectivity index (χ0v) is 18.0. The van der Waals surface area contributed by atoms with E-state index in [1.165, 1.54) is 5.56 Å². The molecule has 2 N–H and O–H groups in total. The average molecular weight is 437 g/mol. The van der Waals surface area contributed by atoms with Gasteiger partial charge in [-0.1, -0.05) is 23.7 Å². The van der Waals surface area contributed by atoms with Crippen molar-refractivity contribution in [3.8, 4) is 11.4 Å². The van der Waals surface area contributed by atoms with Crippen molar-refractivity contribution in [1.29, 1.82) is 0 Å². The number of hydrogen-bond donors (Lipinski definition) is 1. The quantitative estimate of drug-likeness (QED) is 0.677. The molecule has 2 aromatic heterocycles. The molecule has 160 valence electrons. The molecule has 1 aliphatic heterocycles. The lowest BCUT2D eigenvalue weighted by molar-refractivity contribution is 0.0523. The van der Waals surface area contributed by atoms with Crippen LogP contribution in [0.15, 0.2) is 48.8 Å². The molecule has 0 radical (unpaired) electrons. The summed E-state index contributed by atoms with van der Waals surface area (Å²) in [7, 11) is 0. The van der Waals surface area contributed by atoms with Gasteiger partial charge in [0.15, 0.2) is 5.82 Å². The number of fused-ring (bicyclic) bond motifs is 1. The molecule has 1 aliphatic carbocycles. The number of nitrogens with two attached hydrogens (primary N) is 1. The van der Waals surface area contributed by atoms with Crippen molar-refractivity contribution in [2.24, 2.45) is 5.73 Å². The lowest BCUT2D eigenvalue weighted by Crippen LogP contribution is -2.50. The molecule has 7 nitrogen and oxygen atoms in total. The fourth-order valence-corrected chi connectivity index (χ4v) is 5.26. The molecule has 1 aromatic carbocycles. The van der Waals surface area contributed by atoms with Crippen LogP contribution in [0.3, 0.4) is 0 Å². The van der Waals surface area contributed by atoms with Crippen LogP contribution in [0.1, 0.15) is 41.9 Å². The Hall–Kier alpha value is -2.77. The fraction of sp³-hybridized carbons (Fsp3) is 0.391. The highest BCUT2D eigenvalue weighted by Crippen LogP contribution is 2.41. The molecule has 0 saturated heterocycles. The summed E-state index contributed by atoms with van der Waals surface area (Å²) in [6, 6.07) is 12.0. The van der Waals surface area contributed by atoms with Crippen LogP contribution in [0.4, 0.5) is 0 Å². The molecule has 0 bridgehead atoms. The molecule has 1 fully saturated rings. The topological polar surface area (TPSA) is 89.9 Å². The third kappa shape index (κ3) is 3.51. The Kier molecular flexibility index (Phi) is 5.24. The third-order valence-electron chi connectivity index (χ3n) is 6.89. The molecular weight excluding hydrogens is 412 g/mol. The van der Waals surface area contributed by atoms with Crippen molar-refractivity contribution in [3.63, 3.8) is 0 Å². The highest BCUT2D eigenvalue weighted by molar-refractivity contribution is 6.30. The lowest BCUT2D eigenvalue weighted by Gasteiger charge is -2.44. The summed E-state index contributed by atoms with van der Waals surface area (Å²) in [4.78, 5) is 19.3. The van der Waals surface area contributed by atoms with Crippen LogP contribution in [-0.2, 0) is 12.0 Å². The average Bonchev–Trinajstić information content (AvgIpc) is 3.25. The number of amides is 1. The first kappa shape index (κ1) is 20.2. The summed E-state index contributed by atoms with van der Waals surface area (Å²) >= 11 is 6.23. The number of carbonyl (C=O) groups is 1. The predicted octanol–water partition coefficient (Wildman–Crippen LogP) is 3.29. The first-order valence-electron chi connectivity index (χ1n) is 10.7. The van der Waals surface area contributed by atoms with Gasteiger partial charge in [-0.05, 0) is 55.5 Å². The van der Waals surface area contributed by atoms with E-state index in [1.807, 2.05) is 39.8 Å².